The molecule has 2 N–H and O–H groups in total. The first kappa shape index (κ1) is 14.9. The lowest BCUT2D eigenvalue weighted by molar-refractivity contribution is 0.328. The topological polar surface area (TPSA) is 64.3 Å². The molecule has 0 spiro atoms. The van der Waals surface area contributed by atoms with Crippen molar-refractivity contribution in [1.29, 1.82) is 0 Å². The summed E-state index contributed by atoms with van der Waals surface area (Å²) in [7, 11) is 0. The maximum absolute atomic E-state index is 6.15. The molecule has 0 saturated carbocycles. The zero-order valence-corrected chi connectivity index (χ0v) is 12.6. The Hall–Kier alpha value is -1.52. The molecule has 1 aromatic heterocycles. The number of anilines is 2. The predicted molar refractivity (Wildman–Crippen MR) is 82.1 cm³/mol. The molecule has 20 heavy (non-hydrogen) atoms. The van der Waals surface area contributed by atoms with Crippen LogP contribution in [0.5, 0.6) is 5.88 Å². The Morgan fingerprint density at radius 2 is 2.15 bits per heavy atom. The van der Waals surface area contributed by atoms with E-state index in [-0.39, 0.29) is 0 Å². The lowest BCUT2D eigenvalue weighted by Crippen LogP contribution is -2.26. The second-order valence-corrected chi connectivity index (χ2v) is 5.42. The molecule has 0 amide bonds. The molecule has 1 aromatic rings. The average molecular weight is 278 g/mol. The first-order valence-corrected chi connectivity index (χ1v) is 7.74. The van der Waals surface area contributed by atoms with Gasteiger partial charge in [0, 0.05) is 13.1 Å². The molecule has 112 valence electrons. The lowest BCUT2D eigenvalue weighted by Gasteiger charge is -2.23. The quantitative estimate of drug-likeness (QED) is 0.897. The van der Waals surface area contributed by atoms with Gasteiger partial charge in [0.2, 0.25) is 5.88 Å². The van der Waals surface area contributed by atoms with Gasteiger partial charge in [-0.25, -0.2) is 4.98 Å². The zero-order valence-electron chi connectivity index (χ0n) is 12.6. The summed E-state index contributed by atoms with van der Waals surface area (Å²) in [6.45, 7) is 6.81. The summed E-state index contributed by atoms with van der Waals surface area (Å²) in [6, 6.07) is 0. The van der Waals surface area contributed by atoms with E-state index in [1.807, 2.05) is 6.92 Å². The van der Waals surface area contributed by atoms with Gasteiger partial charge in [-0.2, -0.15) is 4.98 Å². The standard InChI is InChI=1S/C15H26N4O/c1-3-6-12-7-5-9-19(10-8-12)14-13(16)15(20-4-2)18-11-17-14/h11-12H,3-10,16H2,1-2H3. The Kier molecular flexibility index (Phi) is 5.44. The normalized spacial score (nSPS) is 19.7. The van der Waals surface area contributed by atoms with Gasteiger partial charge in [-0.1, -0.05) is 19.8 Å². The van der Waals surface area contributed by atoms with Crippen molar-refractivity contribution < 1.29 is 4.74 Å². The summed E-state index contributed by atoms with van der Waals surface area (Å²) in [5, 5.41) is 0. The van der Waals surface area contributed by atoms with Crippen LogP contribution < -0.4 is 15.4 Å². The molecule has 1 aliphatic heterocycles. The largest absolute Gasteiger partial charge is 0.476 e. The lowest BCUT2D eigenvalue weighted by atomic mass is 9.96. The van der Waals surface area contributed by atoms with Crippen LogP contribution in [0.2, 0.25) is 0 Å². The molecular formula is C15H26N4O. The summed E-state index contributed by atoms with van der Waals surface area (Å²) < 4.78 is 5.46. The van der Waals surface area contributed by atoms with Crippen molar-refractivity contribution in [2.45, 2.75) is 46.0 Å². The maximum Gasteiger partial charge on any atom is 0.242 e. The molecule has 5 heteroatoms. The van der Waals surface area contributed by atoms with Crippen molar-refractivity contribution in [3.8, 4) is 5.88 Å². The summed E-state index contributed by atoms with van der Waals surface area (Å²) >= 11 is 0. The Labute approximate surface area is 121 Å². The van der Waals surface area contributed by atoms with Crippen molar-refractivity contribution in [1.82, 2.24) is 9.97 Å². The molecular weight excluding hydrogens is 252 g/mol. The maximum atomic E-state index is 6.15. The molecule has 1 unspecified atom stereocenters. The minimum atomic E-state index is 0.506. The Balaban J connectivity index is 2.09. The van der Waals surface area contributed by atoms with E-state index in [4.69, 9.17) is 10.5 Å². The SMILES string of the molecule is CCCC1CCCN(c2ncnc(OCC)c2N)CC1. The fourth-order valence-electron chi connectivity index (χ4n) is 2.95. The summed E-state index contributed by atoms with van der Waals surface area (Å²) in [5.41, 5.74) is 6.73. The second kappa shape index (κ2) is 7.31. The molecule has 0 aliphatic carbocycles. The van der Waals surface area contributed by atoms with E-state index in [9.17, 15) is 0 Å². The van der Waals surface area contributed by atoms with Crippen LogP contribution in [0.4, 0.5) is 11.5 Å². The van der Waals surface area contributed by atoms with E-state index in [2.05, 4.69) is 21.8 Å². The minimum absolute atomic E-state index is 0.506. The van der Waals surface area contributed by atoms with Crippen molar-refractivity contribution in [2.24, 2.45) is 5.92 Å². The van der Waals surface area contributed by atoms with Crippen LogP contribution in [0.1, 0.15) is 46.0 Å². The zero-order chi connectivity index (χ0) is 14.4. The van der Waals surface area contributed by atoms with Crippen LogP contribution in [0.3, 0.4) is 0 Å². The Morgan fingerprint density at radius 1 is 1.30 bits per heavy atom. The third-order valence-electron chi connectivity index (χ3n) is 3.95. The number of hydrogen-bond donors (Lipinski definition) is 1. The highest BCUT2D eigenvalue weighted by molar-refractivity contribution is 5.67. The van der Waals surface area contributed by atoms with Gasteiger partial charge in [0.25, 0.3) is 0 Å². The van der Waals surface area contributed by atoms with Gasteiger partial charge >= 0.3 is 0 Å². The van der Waals surface area contributed by atoms with Crippen molar-refractivity contribution in [3.05, 3.63) is 6.33 Å². The fraction of sp³-hybridized carbons (Fsp3) is 0.733. The van der Waals surface area contributed by atoms with Gasteiger partial charge in [-0.05, 0) is 32.1 Å². The molecule has 1 aliphatic rings. The van der Waals surface area contributed by atoms with Crippen LogP contribution in [0.15, 0.2) is 6.33 Å². The first-order chi connectivity index (χ1) is 9.76. The summed E-state index contributed by atoms with van der Waals surface area (Å²) in [4.78, 5) is 10.8. The van der Waals surface area contributed by atoms with E-state index < -0.39 is 0 Å². The van der Waals surface area contributed by atoms with Crippen LogP contribution >= 0.6 is 0 Å². The van der Waals surface area contributed by atoms with E-state index in [1.54, 1.807) is 6.33 Å². The molecule has 2 heterocycles. The van der Waals surface area contributed by atoms with Crippen LogP contribution in [0.25, 0.3) is 0 Å². The third-order valence-corrected chi connectivity index (χ3v) is 3.95. The van der Waals surface area contributed by atoms with Gasteiger partial charge in [0.15, 0.2) is 5.82 Å². The molecule has 0 bridgehead atoms. The molecule has 2 rings (SSSR count). The van der Waals surface area contributed by atoms with Crippen molar-refractivity contribution >= 4 is 11.5 Å². The molecule has 0 aromatic carbocycles. The molecule has 5 nitrogen and oxygen atoms in total. The van der Waals surface area contributed by atoms with Crippen molar-refractivity contribution in [2.75, 3.05) is 30.3 Å². The van der Waals surface area contributed by atoms with Crippen molar-refractivity contribution in [3.63, 3.8) is 0 Å². The first-order valence-electron chi connectivity index (χ1n) is 7.74. The number of aromatic nitrogens is 2. The Bertz CT molecular complexity index is 424. The van der Waals surface area contributed by atoms with Gasteiger partial charge in [-0.3, -0.25) is 0 Å². The number of ether oxygens (including phenoxy) is 1. The van der Waals surface area contributed by atoms with E-state index >= 15 is 0 Å². The van der Waals surface area contributed by atoms with E-state index in [1.165, 1.54) is 32.1 Å². The van der Waals surface area contributed by atoms with Crippen LogP contribution in [0, 0.1) is 5.92 Å². The van der Waals surface area contributed by atoms with Gasteiger partial charge in [0.05, 0.1) is 6.61 Å². The molecule has 1 atom stereocenters. The second-order valence-electron chi connectivity index (χ2n) is 5.42. The molecule has 0 radical (unpaired) electrons. The fourth-order valence-corrected chi connectivity index (χ4v) is 2.95. The van der Waals surface area contributed by atoms with E-state index in [0.717, 1.165) is 24.8 Å². The predicted octanol–water partition coefficient (Wildman–Crippen LogP) is 2.86. The summed E-state index contributed by atoms with van der Waals surface area (Å²) in [5.74, 6) is 2.19. The van der Waals surface area contributed by atoms with Gasteiger partial charge in [0.1, 0.15) is 12.0 Å². The number of nitrogens with zero attached hydrogens (tertiary/aromatic N) is 3. The number of rotatable bonds is 5. The smallest absolute Gasteiger partial charge is 0.242 e. The van der Waals surface area contributed by atoms with Crippen LogP contribution in [-0.4, -0.2) is 29.7 Å². The molecule has 1 fully saturated rings. The summed E-state index contributed by atoms with van der Waals surface area (Å²) in [6.07, 6.45) is 7.89. The molecule has 1 saturated heterocycles. The number of nitrogens with two attached hydrogens (primary N) is 1. The highest BCUT2D eigenvalue weighted by Gasteiger charge is 2.20. The highest BCUT2D eigenvalue weighted by atomic mass is 16.5. The monoisotopic (exact) mass is 278 g/mol. The Morgan fingerprint density at radius 3 is 2.90 bits per heavy atom. The van der Waals surface area contributed by atoms with Crippen LogP contribution in [-0.2, 0) is 0 Å². The van der Waals surface area contributed by atoms with Gasteiger partial charge < -0.3 is 15.4 Å². The highest BCUT2D eigenvalue weighted by Crippen LogP contribution is 2.31. The third kappa shape index (κ3) is 3.52. The number of hydrogen-bond acceptors (Lipinski definition) is 5. The minimum Gasteiger partial charge on any atom is -0.476 e. The average Bonchev–Trinajstić information content (AvgIpc) is 2.68. The van der Waals surface area contributed by atoms with Gasteiger partial charge in [-0.15, -0.1) is 0 Å². The number of nitrogen functional groups attached to an aromatic ring is 1. The van der Waals surface area contributed by atoms with E-state index in [0.29, 0.717) is 18.2 Å².